The molecule has 0 spiro atoms. The van der Waals surface area contributed by atoms with Crippen molar-refractivity contribution in [2.45, 2.75) is 18.8 Å². The molecule has 1 heteroatoms. The van der Waals surface area contributed by atoms with Crippen LogP contribution in [0.3, 0.4) is 0 Å². The SMILES string of the molecule is O=Cc1cccc2c1C1C3C=CC(C3)C1C2. The molecule has 0 aromatic heterocycles. The van der Waals surface area contributed by atoms with Gasteiger partial charge in [-0.05, 0) is 47.6 Å². The first kappa shape index (κ1) is 8.74. The van der Waals surface area contributed by atoms with Crippen LogP contribution < -0.4 is 0 Å². The maximum Gasteiger partial charge on any atom is 0.150 e. The summed E-state index contributed by atoms with van der Waals surface area (Å²) >= 11 is 0. The summed E-state index contributed by atoms with van der Waals surface area (Å²) in [5, 5.41) is 0. The second-order valence-electron chi connectivity index (χ2n) is 5.38. The first-order valence-electron chi connectivity index (χ1n) is 6.14. The average Bonchev–Trinajstić information content (AvgIpc) is 2.98. The van der Waals surface area contributed by atoms with E-state index in [1.807, 2.05) is 12.1 Å². The van der Waals surface area contributed by atoms with Gasteiger partial charge < -0.3 is 0 Å². The van der Waals surface area contributed by atoms with E-state index in [0.717, 1.165) is 23.7 Å². The lowest BCUT2D eigenvalue weighted by atomic mass is 9.82. The van der Waals surface area contributed by atoms with E-state index in [0.29, 0.717) is 11.8 Å². The molecule has 4 atom stereocenters. The number of hydrogen-bond acceptors (Lipinski definition) is 1. The van der Waals surface area contributed by atoms with E-state index >= 15 is 0 Å². The highest BCUT2D eigenvalue weighted by Crippen LogP contribution is 2.58. The number of aldehydes is 1. The fraction of sp³-hybridized carbons (Fsp3) is 0.400. The predicted molar refractivity (Wildman–Crippen MR) is 62.5 cm³/mol. The molecule has 0 heterocycles. The lowest BCUT2D eigenvalue weighted by Gasteiger charge is -2.21. The Morgan fingerprint density at radius 3 is 2.94 bits per heavy atom. The number of rotatable bonds is 1. The van der Waals surface area contributed by atoms with Gasteiger partial charge in [-0.3, -0.25) is 4.79 Å². The van der Waals surface area contributed by atoms with Crippen molar-refractivity contribution < 1.29 is 4.79 Å². The van der Waals surface area contributed by atoms with Gasteiger partial charge >= 0.3 is 0 Å². The van der Waals surface area contributed by atoms with Gasteiger partial charge in [0.25, 0.3) is 0 Å². The minimum absolute atomic E-state index is 0.645. The lowest BCUT2D eigenvalue weighted by molar-refractivity contribution is 0.112. The number of fused-ring (bicyclic) bond motifs is 7. The van der Waals surface area contributed by atoms with Crippen LogP contribution in [0.15, 0.2) is 30.4 Å². The molecule has 1 nitrogen and oxygen atoms in total. The molecule has 1 aromatic rings. The van der Waals surface area contributed by atoms with Crippen LogP contribution in [-0.2, 0) is 6.42 Å². The Morgan fingerprint density at radius 2 is 2.06 bits per heavy atom. The lowest BCUT2D eigenvalue weighted by Crippen LogP contribution is -2.13. The summed E-state index contributed by atoms with van der Waals surface area (Å²) in [4.78, 5) is 11.1. The topological polar surface area (TPSA) is 17.1 Å². The van der Waals surface area contributed by atoms with Gasteiger partial charge in [0.2, 0.25) is 0 Å². The van der Waals surface area contributed by atoms with E-state index < -0.39 is 0 Å². The quantitative estimate of drug-likeness (QED) is 0.514. The molecule has 0 saturated heterocycles. The van der Waals surface area contributed by atoms with Crippen molar-refractivity contribution in [1.82, 2.24) is 0 Å². The predicted octanol–water partition coefficient (Wildman–Crippen LogP) is 2.96. The standard InChI is InChI=1S/C15H14O/c16-8-12-3-1-2-10-7-13-9-4-5-11(6-9)15(13)14(10)12/h1-5,8-9,11,13,15H,6-7H2. The van der Waals surface area contributed by atoms with E-state index in [1.165, 1.54) is 24.0 Å². The molecule has 3 aliphatic rings. The normalized spacial score (nSPS) is 37.5. The molecule has 1 fully saturated rings. The monoisotopic (exact) mass is 210 g/mol. The molecule has 0 aliphatic heterocycles. The van der Waals surface area contributed by atoms with Crippen molar-refractivity contribution in [2.75, 3.05) is 0 Å². The molecule has 1 aromatic carbocycles. The van der Waals surface area contributed by atoms with Gasteiger partial charge in [0.05, 0.1) is 0 Å². The van der Waals surface area contributed by atoms with Gasteiger partial charge in [0, 0.05) is 5.56 Å². The first-order chi connectivity index (χ1) is 7.88. The number of benzene rings is 1. The Balaban J connectivity index is 1.92. The highest BCUT2D eigenvalue weighted by molar-refractivity contribution is 5.79. The summed E-state index contributed by atoms with van der Waals surface area (Å²) in [7, 11) is 0. The summed E-state index contributed by atoms with van der Waals surface area (Å²) in [6.07, 6.45) is 8.33. The molecule has 16 heavy (non-hydrogen) atoms. The van der Waals surface area contributed by atoms with Crippen molar-refractivity contribution in [3.63, 3.8) is 0 Å². The van der Waals surface area contributed by atoms with Crippen LogP contribution in [0.5, 0.6) is 0 Å². The van der Waals surface area contributed by atoms with E-state index in [4.69, 9.17) is 0 Å². The van der Waals surface area contributed by atoms with Gasteiger partial charge in [0.15, 0.2) is 0 Å². The third-order valence-corrected chi connectivity index (χ3v) is 4.77. The molecule has 2 bridgehead atoms. The van der Waals surface area contributed by atoms with Gasteiger partial charge in [-0.2, -0.15) is 0 Å². The molecular weight excluding hydrogens is 196 g/mol. The molecule has 4 rings (SSSR count). The second kappa shape index (κ2) is 2.85. The smallest absolute Gasteiger partial charge is 0.150 e. The summed E-state index contributed by atoms with van der Waals surface area (Å²) in [6, 6.07) is 6.21. The highest BCUT2D eigenvalue weighted by Gasteiger charge is 2.49. The number of carbonyl (C=O) groups excluding carboxylic acids is 1. The van der Waals surface area contributed by atoms with Crippen LogP contribution in [0.2, 0.25) is 0 Å². The van der Waals surface area contributed by atoms with Crippen molar-refractivity contribution in [1.29, 1.82) is 0 Å². The molecule has 0 radical (unpaired) electrons. The van der Waals surface area contributed by atoms with E-state index in [-0.39, 0.29) is 0 Å². The Morgan fingerprint density at radius 1 is 1.19 bits per heavy atom. The van der Waals surface area contributed by atoms with Crippen LogP contribution in [0, 0.1) is 17.8 Å². The maximum absolute atomic E-state index is 11.1. The van der Waals surface area contributed by atoms with Crippen LogP contribution in [0.25, 0.3) is 0 Å². The minimum atomic E-state index is 0.645. The third-order valence-electron chi connectivity index (χ3n) is 4.77. The Kier molecular flexibility index (Phi) is 1.56. The molecule has 0 N–H and O–H groups in total. The molecule has 0 amide bonds. The van der Waals surface area contributed by atoms with Gasteiger partial charge in [0.1, 0.15) is 6.29 Å². The van der Waals surface area contributed by atoms with Gasteiger partial charge in [-0.15, -0.1) is 0 Å². The summed E-state index contributed by atoms with van der Waals surface area (Å²) in [6.45, 7) is 0. The third kappa shape index (κ3) is 0.897. The van der Waals surface area contributed by atoms with Crippen LogP contribution in [0.1, 0.15) is 33.8 Å². The molecular formula is C15H14O. The molecule has 4 unspecified atom stereocenters. The van der Waals surface area contributed by atoms with E-state index in [9.17, 15) is 4.79 Å². The maximum atomic E-state index is 11.1. The molecule has 1 saturated carbocycles. The highest BCUT2D eigenvalue weighted by atomic mass is 16.1. The molecule has 3 aliphatic carbocycles. The van der Waals surface area contributed by atoms with Crippen molar-refractivity contribution in [3.8, 4) is 0 Å². The number of carbonyl (C=O) groups is 1. The zero-order valence-electron chi connectivity index (χ0n) is 9.10. The Hall–Kier alpha value is -1.37. The zero-order chi connectivity index (χ0) is 10.7. The van der Waals surface area contributed by atoms with Crippen molar-refractivity contribution in [2.24, 2.45) is 17.8 Å². The number of allylic oxidation sites excluding steroid dienone is 2. The Bertz CT molecular complexity index is 500. The fourth-order valence-corrected chi connectivity index (χ4v) is 4.21. The average molecular weight is 210 g/mol. The van der Waals surface area contributed by atoms with Gasteiger partial charge in [-0.25, -0.2) is 0 Å². The van der Waals surface area contributed by atoms with Crippen LogP contribution in [0.4, 0.5) is 0 Å². The van der Waals surface area contributed by atoms with E-state index in [2.05, 4.69) is 18.2 Å². The van der Waals surface area contributed by atoms with Crippen LogP contribution in [-0.4, -0.2) is 6.29 Å². The minimum Gasteiger partial charge on any atom is -0.298 e. The summed E-state index contributed by atoms with van der Waals surface area (Å²) in [5.41, 5.74) is 3.74. The fourth-order valence-electron chi connectivity index (χ4n) is 4.21. The van der Waals surface area contributed by atoms with E-state index in [1.54, 1.807) is 0 Å². The first-order valence-corrected chi connectivity index (χ1v) is 6.14. The molecule has 80 valence electrons. The summed E-state index contributed by atoms with van der Waals surface area (Å²) < 4.78 is 0. The largest absolute Gasteiger partial charge is 0.298 e. The Labute approximate surface area is 95.2 Å². The van der Waals surface area contributed by atoms with Crippen molar-refractivity contribution in [3.05, 3.63) is 47.0 Å². The van der Waals surface area contributed by atoms with Crippen molar-refractivity contribution >= 4 is 6.29 Å². The van der Waals surface area contributed by atoms with Crippen LogP contribution >= 0.6 is 0 Å². The second-order valence-corrected chi connectivity index (χ2v) is 5.38. The summed E-state index contributed by atoms with van der Waals surface area (Å²) in [5.74, 6) is 2.91. The zero-order valence-corrected chi connectivity index (χ0v) is 9.10. The van der Waals surface area contributed by atoms with Gasteiger partial charge in [-0.1, -0.05) is 30.4 Å². The number of hydrogen-bond donors (Lipinski definition) is 0.